The predicted molar refractivity (Wildman–Crippen MR) is 81.4 cm³/mol. The Hall–Kier alpha value is -1.02. The number of nitrogens with zero attached hydrogens (tertiary/aromatic N) is 1. The molecule has 0 unspecified atom stereocenters. The lowest BCUT2D eigenvalue weighted by Gasteiger charge is -2.33. The highest BCUT2D eigenvalue weighted by Gasteiger charge is 2.24. The van der Waals surface area contributed by atoms with Gasteiger partial charge in [-0.1, -0.05) is 44.9 Å². The molecule has 0 bridgehead atoms. The van der Waals surface area contributed by atoms with Crippen molar-refractivity contribution in [2.45, 2.75) is 58.6 Å². The average molecular weight is 261 g/mol. The summed E-state index contributed by atoms with van der Waals surface area (Å²) in [6.45, 7) is 5.82. The molecule has 0 aliphatic heterocycles. The summed E-state index contributed by atoms with van der Waals surface area (Å²) in [5, 5.41) is 9.56. The number of rotatable bonds is 6. The monoisotopic (exact) mass is 261 g/mol. The second-order valence-electron chi connectivity index (χ2n) is 6.10. The maximum absolute atomic E-state index is 9.56. The highest BCUT2D eigenvalue weighted by Crippen LogP contribution is 2.31. The largest absolute Gasteiger partial charge is 0.392 e. The van der Waals surface area contributed by atoms with Crippen LogP contribution in [0.5, 0.6) is 0 Å². The van der Waals surface area contributed by atoms with Gasteiger partial charge in [-0.3, -0.25) is 0 Å². The quantitative estimate of drug-likeness (QED) is 0.837. The number of para-hydroxylation sites is 1. The average Bonchev–Trinajstić information content (AvgIpc) is 2.93. The zero-order valence-electron chi connectivity index (χ0n) is 12.3. The Morgan fingerprint density at radius 3 is 2.53 bits per heavy atom. The van der Waals surface area contributed by atoms with Crippen LogP contribution in [0.25, 0.3) is 0 Å². The van der Waals surface area contributed by atoms with Crippen molar-refractivity contribution in [1.29, 1.82) is 0 Å². The standard InChI is InChI=1S/C17H27NO/c1-14(2)11-12-18(16-8-4-5-9-16)17-10-6-3-7-15(17)13-19/h3,6-7,10,14,16,19H,4-5,8-9,11-13H2,1-2H3. The normalized spacial score (nSPS) is 16.2. The summed E-state index contributed by atoms with van der Waals surface area (Å²) in [6, 6.07) is 9.00. The Balaban J connectivity index is 2.19. The van der Waals surface area contributed by atoms with Crippen molar-refractivity contribution in [2.24, 2.45) is 5.92 Å². The van der Waals surface area contributed by atoms with E-state index >= 15 is 0 Å². The molecule has 1 aliphatic carbocycles. The van der Waals surface area contributed by atoms with Gasteiger partial charge < -0.3 is 10.0 Å². The molecule has 2 rings (SSSR count). The summed E-state index contributed by atoms with van der Waals surface area (Å²) in [6.07, 6.45) is 6.53. The van der Waals surface area contributed by atoms with E-state index in [1.54, 1.807) is 0 Å². The van der Waals surface area contributed by atoms with Crippen LogP contribution in [0, 0.1) is 5.92 Å². The molecule has 0 amide bonds. The van der Waals surface area contributed by atoms with E-state index in [0.29, 0.717) is 6.04 Å². The van der Waals surface area contributed by atoms with Crippen molar-refractivity contribution in [3.8, 4) is 0 Å². The van der Waals surface area contributed by atoms with Gasteiger partial charge in [0.2, 0.25) is 0 Å². The molecule has 1 N–H and O–H groups in total. The molecule has 0 aromatic heterocycles. The number of anilines is 1. The molecule has 0 radical (unpaired) electrons. The predicted octanol–water partition coefficient (Wildman–Crippen LogP) is 3.97. The number of aliphatic hydroxyl groups excluding tert-OH is 1. The molecular formula is C17H27NO. The van der Waals surface area contributed by atoms with E-state index in [4.69, 9.17) is 0 Å². The van der Waals surface area contributed by atoms with Crippen molar-refractivity contribution in [1.82, 2.24) is 0 Å². The van der Waals surface area contributed by atoms with E-state index in [1.807, 2.05) is 12.1 Å². The fraction of sp³-hybridized carbons (Fsp3) is 0.647. The number of hydrogen-bond acceptors (Lipinski definition) is 2. The highest BCUT2D eigenvalue weighted by molar-refractivity contribution is 5.54. The first-order chi connectivity index (χ1) is 9.22. The van der Waals surface area contributed by atoms with Gasteiger partial charge >= 0.3 is 0 Å². The van der Waals surface area contributed by atoms with Crippen LogP contribution in [0.2, 0.25) is 0 Å². The molecule has 2 heteroatoms. The van der Waals surface area contributed by atoms with Gasteiger partial charge in [0.1, 0.15) is 0 Å². The number of aliphatic hydroxyl groups is 1. The molecule has 1 aliphatic rings. The van der Waals surface area contributed by atoms with Crippen LogP contribution in [-0.4, -0.2) is 17.7 Å². The lowest BCUT2D eigenvalue weighted by molar-refractivity contribution is 0.281. The van der Waals surface area contributed by atoms with Crippen molar-refractivity contribution in [3.63, 3.8) is 0 Å². The van der Waals surface area contributed by atoms with Crippen molar-refractivity contribution < 1.29 is 5.11 Å². The molecule has 0 spiro atoms. The fourth-order valence-electron chi connectivity index (χ4n) is 3.04. The first kappa shape index (κ1) is 14.4. The van der Waals surface area contributed by atoms with Gasteiger partial charge in [0.05, 0.1) is 6.61 Å². The maximum Gasteiger partial charge on any atom is 0.0702 e. The van der Waals surface area contributed by atoms with E-state index in [9.17, 15) is 5.11 Å². The van der Waals surface area contributed by atoms with Gasteiger partial charge in [-0.15, -0.1) is 0 Å². The van der Waals surface area contributed by atoms with Gasteiger partial charge in [0.25, 0.3) is 0 Å². The van der Waals surface area contributed by atoms with E-state index in [2.05, 4.69) is 30.9 Å². The third kappa shape index (κ3) is 3.73. The first-order valence-corrected chi connectivity index (χ1v) is 7.67. The molecule has 0 saturated heterocycles. The third-order valence-corrected chi connectivity index (χ3v) is 4.18. The molecule has 2 nitrogen and oxygen atoms in total. The Morgan fingerprint density at radius 2 is 1.89 bits per heavy atom. The number of hydrogen-bond donors (Lipinski definition) is 1. The molecule has 1 aromatic carbocycles. The molecule has 19 heavy (non-hydrogen) atoms. The second-order valence-corrected chi connectivity index (χ2v) is 6.10. The summed E-state index contributed by atoms with van der Waals surface area (Å²) in [7, 11) is 0. The maximum atomic E-state index is 9.56. The van der Waals surface area contributed by atoms with E-state index in [0.717, 1.165) is 18.0 Å². The third-order valence-electron chi connectivity index (χ3n) is 4.18. The Bertz CT molecular complexity index is 383. The van der Waals surface area contributed by atoms with E-state index in [-0.39, 0.29) is 6.61 Å². The Labute approximate surface area is 117 Å². The van der Waals surface area contributed by atoms with E-state index < -0.39 is 0 Å². The summed E-state index contributed by atoms with van der Waals surface area (Å²) < 4.78 is 0. The molecule has 0 heterocycles. The lowest BCUT2D eigenvalue weighted by atomic mass is 10.1. The van der Waals surface area contributed by atoms with Crippen LogP contribution < -0.4 is 4.90 Å². The Kier molecular flexibility index (Phi) is 5.26. The second kappa shape index (κ2) is 6.95. The molecule has 106 valence electrons. The van der Waals surface area contributed by atoms with Crippen LogP contribution >= 0.6 is 0 Å². The molecule has 1 aromatic rings. The van der Waals surface area contributed by atoms with Gasteiger partial charge in [-0.25, -0.2) is 0 Å². The smallest absolute Gasteiger partial charge is 0.0702 e. The molecular weight excluding hydrogens is 234 g/mol. The van der Waals surface area contributed by atoms with Crippen LogP contribution in [0.1, 0.15) is 51.5 Å². The molecule has 1 fully saturated rings. The minimum Gasteiger partial charge on any atom is -0.392 e. The minimum atomic E-state index is 0.140. The highest BCUT2D eigenvalue weighted by atomic mass is 16.3. The van der Waals surface area contributed by atoms with Crippen LogP contribution in [0.3, 0.4) is 0 Å². The topological polar surface area (TPSA) is 23.5 Å². The summed E-state index contributed by atoms with van der Waals surface area (Å²) >= 11 is 0. The minimum absolute atomic E-state index is 0.140. The first-order valence-electron chi connectivity index (χ1n) is 7.67. The van der Waals surface area contributed by atoms with Gasteiger partial charge in [0.15, 0.2) is 0 Å². The van der Waals surface area contributed by atoms with E-state index in [1.165, 1.54) is 37.8 Å². The summed E-state index contributed by atoms with van der Waals surface area (Å²) in [5.74, 6) is 0.727. The number of benzene rings is 1. The van der Waals surface area contributed by atoms with Gasteiger partial charge in [-0.2, -0.15) is 0 Å². The van der Waals surface area contributed by atoms with Crippen molar-refractivity contribution >= 4 is 5.69 Å². The van der Waals surface area contributed by atoms with Gasteiger partial charge in [0, 0.05) is 23.8 Å². The lowest BCUT2D eigenvalue weighted by Crippen LogP contribution is -2.35. The zero-order valence-corrected chi connectivity index (χ0v) is 12.3. The fourth-order valence-corrected chi connectivity index (χ4v) is 3.04. The molecule has 0 atom stereocenters. The SMILES string of the molecule is CC(C)CCN(c1ccccc1CO)C1CCCC1. The molecule has 1 saturated carbocycles. The zero-order chi connectivity index (χ0) is 13.7. The van der Waals surface area contributed by atoms with Crippen molar-refractivity contribution in [2.75, 3.05) is 11.4 Å². The van der Waals surface area contributed by atoms with Crippen LogP contribution in [0.4, 0.5) is 5.69 Å². The summed E-state index contributed by atoms with van der Waals surface area (Å²) in [4.78, 5) is 2.55. The summed E-state index contributed by atoms with van der Waals surface area (Å²) in [5.41, 5.74) is 2.32. The van der Waals surface area contributed by atoms with Gasteiger partial charge in [-0.05, 0) is 31.2 Å². The van der Waals surface area contributed by atoms with Crippen molar-refractivity contribution in [3.05, 3.63) is 29.8 Å². The van der Waals surface area contributed by atoms with Crippen LogP contribution in [-0.2, 0) is 6.61 Å². The Morgan fingerprint density at radius 1 is 1.21 bits per heavy atom. The van der Waals surface area contributed by atoms with Crippen LogP contribution in [0.15, 0.2) is 24.3 Å².